The van der Waals surface area contributed by atoms with Crippen LogP contribution in [0.5, 0.6) is 0 Å². The quantitative estimate of drug-likeness (QED) is 0.123. The Balaban J connectivity index is 0.000000192. The van der Waals surface area contributed by atoms with E-state index in [-0.39, 0.29) is 25.5 Å². The number of rotatable bonds is 6. The second-order valence-corrected chi connectivity index (χ2v) is 21.6. The first kappa shape index (κ1) is 40.5. The van der Waals surface area contributed by atoms with Gasteiger partial charge in [0.25, 0.3) is 0 Å². The molecule has 0 aliphatic heterocycles. The first-order valence-electron chi connectivity index (χ1n) is 19.6. The number of nitrogens with zero attached hydrogens (tertiary/aromatic N) is 2. The second-order valence-electron chi connectivity index (χ2n) is 16.5. The zero-order chi connectivity index (χ0) is 39.6. The third-order valence-electron chi connectivity index (χ3n) is 10.5. The summed E-state index contributed by atoms with van der Waals surface area (Å²) in [6.07, 6.45) is 3.89. The molecule has 0 N–H and O–H groups in total. The summed E-state index contributed by atoms with van der Waals surface area (Å²) in [7, 11) is -1.29. The van der Waals surface area contributed by atoms with Crippen LogP contribution in [-0.4, -0.2) is 18.0 Å². The topological polar surface area (TPSA) is 38.9 Å². The van der Waals surface area contributed by atoms with Gasteiger partial charge in [-0.1, -0.05) is 173 Å². The molecule has 0 amide bonds. The zero-order valence-corrected chi connectivity index (χ0v) is 37.2. The molecule has 9 aromatic rings. The molecule has 289 valence electrons. The molecule has 5 heteroatoms. The molecular formula is C53H46IrN2OSi-2. The predicted octanol–water partition coefficient (Wildman–Crippen LogP) is 13.8. The largest absolute Gasteiger partial charge is 0.500 e. The van der Waals surface area contributed by atoms with Crippen LogP contribution in [0.1, 0.15) is 26.3 Å². The fourth-order valence-corrected chi connectivity index (χ4v) is 8.16. The maximum atomic E-state index is 6.60. The molecule has 0 atom stereocenters. The number of fused-ring (bicyclic) bond motifs is 3. The molecular weight excluding hydrogens is 901 g/mol. The smallest absolute Gasteiger partial charge is 0.128 e. The van der Waals surface area contributed by atoms with Gasteiger partial charge >= 0.3 is 0 Å². The molecule has 58 heavy (non-hydrogen) atoms. The number of pyridine rings is 2. The summed E-state index contributed by atoms with van der Waals surface area (Å²) in [4.78, 5) is 9.33. The van der Waals surface area contributed by atoms with Crippen LogP contribution in [0.15, 0.2) is 175 Å². The van der Waals surface area contributed by atoms with Crippen molar-refractivity contribution < 1.29 is 24.5 Å². The van der Waals surface area contributed by atoms with Gasteiger partial charge in [-0.3, -0.25) is 0 Å². The molecule has 0 bridgehead atoms. The van der Waals surface area contributed by atoms with E-state index in [2.05, 4.69) is 190 Å². The van der Waals surface area contributed by atoms with E-state index in [9.17, 15) is 0 Å². The fraction of sp³-hybridized carbons (Fsp3) is 0.132. The molecule has 0 aliphatic carbocycles. The summed E-state index contributed by atoms with van der Waals surface area (Å²) in [6, 6.07) is 61.4. The van der Waals surface area contributed by atoms with Gasteiger partial charge in [0.1, 0.15) is 5.58 Å². The molecule has 3 aromatic heterocycles. The fourth-order valence-electron chi connectivity index (χ4n) is 7.13. The Morgan fingerprint density at radius 1 is 0.534 bits per heavy atom. The number of furan rings is 1. The van der Waals surface area contributed by atoms with Crippen molar-refractivity contribution in [2.75, 3.05) is 0 Å². The van der Waals surface area contributed by atoms with Crippen LogP contribution in [0.2, 0.25) is 19.6 Å². The maximum absolute atomic E-state index is 6.60. The molecule has 6 aromatic carbocycles. The number of aromatic nitrogens is 2. The van der Waals surface area contributed by atoms with Gasteiger partial charge in [-0.15, -0.1) is 53.6 Å². The molecule has 0 spiro atoms. The van der Waals surface area contributed by atoms with Crippen molar-refractivity contribution in [3.63, 3.8) is 0 Å². The van der Waals surface area contributed by atoms with Gasteiger partial charge < -0.3 is 14.4 Å². The molecule has 1 radical (unpaired) electrons. The van der Waals surface area contributed by atoms with Crippen LogP contribution in [0.4, 0.5) is 0 Å². The Morgan fingerprint density at radius 3 is 1.83 bits per heavy atom. The minimum atomic E-state index is -1.29. The Kier molecular flexibility index (Phi) is 11.9. The van der Waals surface area contributed by atoms with Gasteiger partial charge in [0, 0.05) is 43.4 Å². The minimum Gasteiger partial charge on any atom is -0.500 e. The number of hydrogen-bond acceptors (Lipinski definition) is 3. The van der Waals surface area contributed by atoms with Crippen LogP contribution in [0.3, 0.4) is 0 Å². The van der Waals surface area contributed by atoms with E-state index in [0.717, 1.165) is 66.7 Å². The van der Waals surface area contributed by atoms with E-state index in [0.29, 0.717) is 0 Å². The van der Waals surface area contributed by atoms with Crippen molar-refractivity contribution in [2.45, 2.75) is 45.8 Å². The summed E-state index contributed by atoms with van der Waals surface area (Å²) in [5.41, 5.74) is 13.9. The molecule has 0 aliphatic rings. The summed E-state index contributed by atoms with van der Waals surface area (Å²) in [5.74, 6) is 0. The molecule has 0 unspecified atom stereocenters. The average molecular weight is 947 g/mol. The van der Waals surface area contributed by atoms with Crippen molar-refractivity contribution in [3.8, 4) is 55.9 Å². The van der Waals surface area contributed by atoms with Crippen molar-refractivity contribution >= 4 is 35.2 Å². The monoisotopic (exact) mass is 947 g/mol. The zero-order valence-electron chi connectivity index (χ0n) is 33.8. The van der Waals surface area contributed by atoms with Gasteiger partial charge in [-0.2, -0.15) is 0 Å². The van der Waals surface area contributed by atoms with Crippen molar-refractivity contribution in [2.24, 2.45) is 0 Å². The molecule has 0 fully saturated rings. The van der Waals surface area contributed by atoms with Gasteiger partial charge in [-0.05, 0) is 55.9 Å². The summed E-state index contributed by atoms with van der Waals surface area (Å²) >= 11 is 0. The van der Waals surface area contributed by atoms with Crippen LogP contribution >= 0.6 is 0 Å². The Bertz CT molecular complexity index is 2780. The number of hydrogen-bond donors (Lipinski definition) is 0. The number of para-hydroxylation sites is 1. The normalized spacial score (nSPS) is 11.5. The van der Waals surface area contributed by atoms with Gasteiger partial charge in [0.2, 0.25) is 0 Å². The van der Waals surface area contributed by atoms with E-state index < -0.39 is 8.07 Å². The minimum absolute atomic E-state index is 0. The third-order valence-corrected chi connectivity index (χ3v) is 12.5. The average Bonchev–Trinajstić information content (AvgIpc) is 3.63. The Labute approximate surface area is 357 Å². The van der Waals surface area contributed by atoms with E-state index in [1.807, 2.05) is 42.7 Å². The van der Waals surface area contributed by atoms with E-state index in [4.69, 9.17) is 4.42 Å². The summed E-state index contributed by atoms with van der Waals surface area (Å²) in [5, 5.41) is 3.57. The molecule has 0 saturated heterocycles. The van der Waals surface area contributed by atoms with Crippen molar-refractivity contribution in [1.82, 2.24) is 9.97 Å². The standard InChI is InChI=1S/C33H26NO.C20H20NSi.Ir/c1-33(2,3)25-17-15-23(16-18-25)26-11-7-12-27-28-13-8-14-29(32(28)35-31(26)27)30-21-24(19-20-34-30)22-9-5-4-6-10-22;1-22(2,3)19-12-13-20(21-15-19)18-11-7-10-17(14-18)16-8-5-4-6-9-16;/h4-13,15-21H,1-3H3;4-10,12-15H,1-3H3;/q2*-1;. The molecule has 0 saturated carbocycles. The molecule has 9 rings (SSSR count). The van der Waals surface area contributed by atoms with Crippen LogP contribution in [0.25, 0.3) is 77.8 Å². The molecule has 3 nitrogen and oxygen atoms in total. The van der Waals surface area contributed by atoms with Crippen molar-refractivity contribution in [1.29, 1.82) is 0 Å². The predicted molar refractivity (Wildman–Crippen MR) is 242 cm³/mol. The van der Waals surface area contributed by atoms with Gasteiger partial charge in [0.15, 0.2) is 0 Å². The Hall–Kier alpha value is -5.71. The van der Waals surface area contributed by atoms with E-state index in [1.54, 1.807) is 0 Å². The summed E-state index contributed by atoms with van der Waals surface area (Å²) in [6.45, 7) is 13.7. The van der Waals surface area contributed by atoms with E-state index >= 15 is 0 Å². The van der Waals surface area contributed by atoms with Crippen molar-refractivity contribution in [3.05, 3.63) is 188 Å². The second kappa shape index (κ2) is 17.0. The third kappa shape index (κ3) is 8.73. The van der Waals surface area contributed by atoms with Crippen LogP contribution < -0.4 is 5.19 Å². The first-order chi connectivity index (χ1) is 27.5. The van der Waals surface area contributed by atoms with Crippen LogP contribution in [-0.2, 0) is 25.5 Å². The van der Waals surface area contributed by atoms with E-state index in [1.165, 1.54) is 21.9 Å². The van der Waals surface area contributed by atoms with Gasteiger partial charge in [-0.25, -0.2) is 0 Å². The number of benzene rings is 6. The first-order valence-corrected chi connectivity index (χ1v) is 23.1. The SMILES string of the molecule is CC(C)(C)c1ccc(-c2cccc3c2oc2c(-c4cc(-c5ccccc5)ccn4)[c-]ccc23)cc1.C[Si](C)(C)c1ccc(-c2[c-]ccc(-c3ccccc3)c2)nc1.[Ir]. The summed E-state index contributed by atoms with van der Waals surface area (Å²) < 4.78 is 6.60. The Morgan fingerprint density at radius 2 is 1.19 bits per heavy atom. The molecule has 3 heterocycles. The maximum Gasteiger partial charge on any atom is 0.128 e. The van der Waals surface area contributed by atoms with Gasteiger partial charge in [0.05, 0.1) is 13.7 Å². The van der Waals surface area contributed by atoms with Crippen LogP contribution in [0, 0.1) is 12.1 Å².